The number of primary amides is 1. The number of rotatable bonds is 3. The van der Waals surface area contributed by atoms with Crippen LogP contribution >= 0.6 is 0 Å². The molecule has 0 spiro atoms. The fourth-order valence-electron chi connectivity index (χ4n) is 3.16. The molecular weight excluding hydrogens is 345 g/mol. The molecule has 0 saturated heterocycles. The number of fused-ring (bicyclic) bond motifs is 1. The summed E-state index contributed by atoms with van der Waals surface area (Å²) < 4.78 is 13.1. The second-order valence-electron chi connectivity index (χ2n) is 6.22. The largest absolute Gasteiger partial charge is 0.402 e. The molecule has 3 aromatic rings. The van der Waals surface area contributed by atoms with E-state index in [9.17, 15) is 4.39 Å². The van der Waals surface area contributed by atoms with Gasteiger partial charge in [0.1, 0.15) is 11.5 Å². The maximum atomic E-state index is 13.1. The van der Waals surface area contributed by atoms with Crippen LogP contribution in [0.2, 0.25) is 0 Å². The summed E-state index contributed by atoms with van der Waals surface area (Å²) in [6.07, 6.45) is 4.69. The smallest absolute Gasteiger partial charge is 0.204 e. The number of nitrogens with two attached hydrogens (primary N) is 2. The Morgan fingerprint density at radius 1 is 1.22 bits per heavy atom. The Labute approximate surface area is 155 Å². The number of benzene rings is 1. The quantitative estimate of drug-likeness (QED) is 0.421. The molecule has 6 nitrogen and oxygen atoms in total. The van der Waals surface area contributed by atoms with Crippen molar-refractivity contribution >= 4 is 23.2 Å². The van der Waals surface area contributed by atoms with Crippen LogP contribution in [0.4, 0.5) is 4.39 Å². The van der Waals surface area contributed by atoms with E-state index in [4.69, 9.17) is 15.9 Å². The summed E-state index contributed by atoms with van der Waals surface area (Å²) in [5.41, 5.74) is 15.7. The number of amides is 1. The van der Waals surface area contributed by atoms with E-state index in [-0.39, 0.29) is 12.2 Å². The van der Waals surface area contributed by atoms with Gasteiger partial charge in [-0.3, -0.25) is 10.2 Å². The Bertz CT molecular complexity index is 1020. The van der Waals surface area contributed by atoms with Crippen molar-refractivity contribution in [3.8, 4) is 11.3 Å². The highest BCUT2D eigenvalue weighted by molar-refractivity contribution is 6.12. The molecule has 1 aliphatic carbocycles. The molecule has 27 heavy (non-hydrogen) atoms. The lowest BCUT2D eigenvalue weighted by Crippen LogP contribution is -2.07. The second-order valence-corrected chi connectivity index (χ2v) is 6.22. The average Bonchev–Trinajstić information content (AvgIpc) is 3.27. The molecule has 0 bridgehead atoms. The third kappa shape index (κ3) is 3.87. The molecule has 6 N–H and O–H groups in total. The number of carbonyl (C=O) groups is 1. The summed E-state index contributed by atoms with van der Waals surface area (Å²) >= 11 is 0. The summed E-state index contributed by atoms with van der Waals surface area (Å²) in [6.45, 7) is 0. The Morgan fingerprint density at radius 3 is 2.56 bits per heavy atom. The molecule has 1 aromatic carbocycles. The molecule has 7 heteroatoms. The summed E-state index contributed by atoms with van der Waals surface area (Å²) in [4.78, 5) is 16.2. The average molecular weight is 365 g/mol. The van der Waals surface area contributed by atoms with Gasteiger partial charge in [-0.2, -0.15) is 0 Å². The number of H-pyrrole nitrogens is 1. The van der Waals surface area contributed by atoms with Gasteiger partial charge in [0.25, 0.3) is 0 Å². The molecule has 0 atom stereocenters. The topological polar surface area (TPSA) is 122 Å². The number of hydrogen-bond donors (Lipinski definition) is 4. The van der Waals surface area contributed by atoms with Crippen molar-refractivity contribution in [3.63, 3.8) is 0 Å². The normalized spacial score (nSPS) is 13.4. The first-order valence-corrected chi connectivity index (χ1v) is 8.50. The number of aromatic nitrogens is 2. The predicted octanol–water partition coefficient (Wildman–Crippen LogP) is 3.24. The zero-order chi connectivity index (χ0) is 19.4. The highest BCUT2D eigenvalue weighted by atomic mass is 19.1. The number of carbonyl (C=O) groups excluding carboxylic acids is 1. The van der Waals surface area contributed by atoms with E-state index in [2.05, 4.69) is 15.7 Å². The van der Waals surface area contributed by atoms with Crippen LogP contribution in [0.3, 0.4) is 0 Å². The minimum atomic E-state index is -0.258. The van der Waals surface area contributed by atoms with Crippen LogP contribution in [0.25, 0.3) is 22.3 Å². The monoisotopic (exact) mass is 365 g/mol. The highest BCUT2D eigenvalue weighted by Crippen LogP contribution is 2.28. The van der Waals surface area contributed by atoms with Crippen LogP contribution in [0.1, 0.15) is 24.8 Å². The van der Waals surface area contributed by atoms with Crippen molar-refractivity contribution in [1.82, 2.24) is 9.97 Å². The number of nitrogens with zero attached hydrogens (tertiary/aromatic N) is 1. The molecule has 0 fully saturated rings. The SMILES string of the molecule is N=C(C1=C(N)CCC1)c1cnc2[nH]c(-c3ccc(F)cc3)cc2c1.NC=O. The number of halogens is 1. The lowest BCUT2D eigenvalue weighted by molar-refractivity contribution is -0.106. The van der Waals surface area contributed by atoms with Crippen LogP contribution in [0.15, 0.2) is 53.9 Å². The Balaban J connectivity index is 0.000000659. The van der Waals surface area contributed by atoms with Gasteiger partial charge in [0.15, 0.2) is 0 Å². The van der Waals surface area contributed by atoms with Gasteiger partial charge in [-0.05, 0) is 66.8 Å². The first-order chi connectivity index (χ1) is 13.0. The first kappa shape index (κ1) is 18.3. The molecule has 1 amide bonds. The van der Waals surface area contributed by atoms with Gasteiger partial charge in [-0.1, -0.05) is 0 Å². The van der Waals surface area contributed by atoms with Gasteiger partial charge in [0.05, 0.1) is 5.71 Å². The van der Waals surface area contributed by atoms with Crippen LogP contribution in [-0.2, 0) is 4.79 Å². The maximum Gasteiger partial charge on any atom is 0.204 e. The van der Waals surface area contributed by atoms with Gasteiger partial charge in [0.2, 0.25) is 6.41 Å². The van der Waals surface area contributed by atoms with Crippen molar-refractivity contribution in [2.24, 2.45) is 11.5 Å². The zero-order valence-corrected chi connectivity index (χ0v) is 14.6. The molecule has 1 aliphatic rings. The van der Waals surface area contributed by atoms with E-state index in [1.807, 2.05) is 12.1 Å². The Hall–Kier alpha value is -3.48. The van der Waals surface area contributed by atoms with Gasteiger partial charge >= 0.3 is 0 Å². The number of nitrogens with one attached hydrogen (secondary N) is 2. The van der Waals surface area contributed by atoms with Crippen molar-refractivity contribution in [2.75, 3.05) is 0 Å². The number of pyridine rings is 1. The second kappa shape index (κ2) is 7.82. The van der Waals surface area contributed by atoms with Gasteiger partial charge < -0.3 is 16.5 Å². The van der Waals surface area contributed by atoms with Gasteiger partial charge in [-0.15, -0.1) is 0 Å². The third-order valence-corrected chi connectivity index (χ3v) is 4.48. The van der Waals surface area contributed by atoms with E-state index < -0.39 is 0 Å². The molecule has 0 saturated carbocycles. The van der Waals surface area contributed by atoms with Crippen LogP contribution in [0.5, 0.6) is 0 Å². The molecule has 2 aromatic heterocycles. The Morgan fingerprint density at radius 2 is 1.93 bits per heavy atom. The predicted molar refractivity (Wildman–Crippen MR) is 104 cm³/mol. The molecule has 0 radical (unpaired) electrons. The number of aromatic amines is 1. The fraction of sp³-hybridized carbons (Fsp3) is 0.150. The van der Waals surface area contributed by atoms with E-state index in [1.54, 1.807) is 18.3 Å². The molecule has 138 valence electrons. The minimum absolute atomic E-state index is 0.250. The molecular formula is C20H20FN5O. The zero-order valence-electron chi connectivity index (χ0n) is 14.6. The van der Waals surface area contributed by atoms with Crippen LogP contribution < -0.4 is 11.5 Å². The van der Waals surface area contributed by atoms with E-state index >= 15 is 0 Å². The van der Waals surface area contributed by atoms with Gasteiger partial charge in [0, 0.05) is 28.5 Å². The van der Waals surface area contributed by atoms with Crippen molar-refractivity contribution in [1.29, 1.82) is 5.41 Å². The molecule has 2 heterocycles. The van der Waals surface area contributed by atoms with E-state index in [0.717, 1.165) is 58.4 Å². The highest BCUT2D eigenvalue weighted by Gasteiger charge is 2.18. The van der Waals surface area contributed by atoms with Crippen LogP contribution in [-0.4, -0.2) is 22.1 Å². The summed E-state index contributed by atoms with van der Waals surface area (Å²) in [5.74, 6) is -0.258. The Kier molecular flexibility index (Phi) is 5.30. The van der Waals surface area contributed by atoms with E-state index in [1.165, 1.54) is 12.1 Å². The molecule has 4 rings (SSSR count). The summed E-state index contributed by atoms with van der Waals surface area (Å²) in [6, 6.07) is 10.3. The lowest BCUT2D eigenvalue weighted by atomic mass is 10.0. The number of allylic oxidation sites excluding steroid dienone is 2. The standard InChI is InChI=1S/C19H17FN4.CH3NO/c20-14-6-4-11(5-7-14)17-9-12-8-13(10-23-19(12)24-17)18(22)15-2-1-3-16(15)21;2-1-3/h4-10,22H,1-3,21H2,(H,23,24);1H,(H2,2,3). The molecule has 0 aliphatic heterocycles. The van der Waals surface area contributed by atoms with Crippen LogP contribution in [0, 0.1) is 11.2 Å². The minimum Gasteiger partial charge on any atom is -0.402 e. The lowest BCUT2D eigenvalue weighted by Gasteiger charge is -2.06. The first-order valence-electron chi connectivity index (χ1n) is 8.50. The fourth-order valence-corrected chi connectivity index (χ4v) is 3.16. The molecule has 0 unspecified atom stereocenters. The number of hydrogen-bond acceptors (Lipinski definition) is 4. The summed E-state index contributed by atoms with van der Waals surface area (Å²) in [5, 5.41) is 9.32. The maximum absolute atomic E-state index is 13.1. The van der Waals surface area contributed by atoms with Crippen molar-refractivity contribution in [2.45, 2.75) is 19.3 Å². The van der Waals surface area contributed by atoms with Gasteiger partial charge in [-0.25, -0.2) is 9.37 Å². The van der Waals surface area contributed by atoms with Crippen molar-refractivity contribution in [3.05, 3.63) is 65.2 Å². The van der Waals surface area contributed by atoms with Crippen molar-refractivity contribution < 1.29 is 9.18 Å². The summed E-state index contributed by atoms with van der Waals surface area (Å²) in [7, 11) is 0. The third-order valence-electron chi connectivity index (χ3n) is 4.48. The van der Waals surface area contributed by atoms with E-state index in [0.29, 0.717) is 5.71 Å².